The minimum Gasteiger partial charge on any atom is -0.507 e. The van der Waals surface area contributed by atoms with E-state index in [-0.39, 0.29) is 28.7 Å². The van der Waals surface area contributed by atoms with Gasteiger partial charge in [-0.05, 0) is 12.1 Å². The molecular weight excluding hydrogens is 382 g/mol. The van der Waals surface area contributed by atoms with Gasteiger partial charge in [-0.2, -0.15) is 5.10 Å². The quantitative estimate of drug-likeness (QED) is 0.233. The molecule has 0 radical (unpaired) electrons. The highest BCUT2D eigenvalue weighted by Gasteiger charge is 2.45. The topological polar surface area (TPSA) is 184 Å². The fourth-order valence-electron chi connectivity index (χ4n) is 3.10. The number of benzene rings is 1. The van der Waals surface area contributed by atoms with Crippen LogP contribution in [0.25, 0.3) is 11.2 Å². The highest BCUT2D eigenvalue weighted by Crippen LogP contribution is 2.35. The first-order chi connectivity index (χ1) is 14.0. The molecule has 1 aromatic carbocycles. The second-order valence-corrected chi connectivity index (χ2v) is 6.39. The number of phenolic OH excluding ortho intramolecular Hbond substituents is 1. The SMILES string of the molecule is Nc1ncnc2c1nc(N/N=C/c1ccccc1O)n2C1OC(CO)C(O)C1O. The number of aromatic hydroxyl groups is 1. The van der Waals surface area contributed by atoms with Crippen LogP contribution < -0.4 is 11.2 Å². The maximum Gasteiger partial charge on any atom is 0.228 e. The molecule has 1 saturated heterocycles. The van der Waals surface area contributed by atoms with Crippen molar-refractivity contribution in [2.45, 2.75) is 24.5 Å². The average Bonchev–Trinajstić information content (AvgIpc) is 3.22. The number of fused-ring (bicyclic) bond motifs is 1. The predicted octanol–water partition coefficient (Wildman–Crippen LogP) is -0.828. The van der Waals surface area contributed by atoms with Crippen LogP contribution in [0.3, 0.4) is 0 Å². The van der Waals surface area contributed by atoms with E-state index >= 15 is 0 Å². The van der Waals surface area contributed by atoms with Crippen molar-refractivity contribution < 1.29 is 25.2 Å². The number of hydrogen-bond donors (Lipinski definition) is 6. The number of aromatic nitrogens is 4. The van der Waals surface area contributed by atoms with Gasteiger partial charge in [0, 0.05) is 5.56 Å². The number of phenols is 1. The lowest BCUT2D eigenvalue weighted by atomic mass is 10.1. The number of nitrogens with two attached hydrogens (primary N) is 1. The summed E-state index contributed by atoms with van der Waals surface area (Å²) in [6.07, 6.45) is -2.14. The molecule has 4 unspecified atom stereocenters. The van der Waals surface area contributed by atoms with Gasteiger partial charge in [0.2, 0.25) is 5.95 Å². The normalized spacial score (nSPS) is 24.5. The number of anilines is 2. The van der Waals surface area contributed by atoms with E-state index in [1.165, 1.54) is 23.2 Å². The molecule has 2 aromatic heterocycles. The molecule has 1 aliphatic rings. The number of nitrogens with zero attached hydrogens (tertiary/aromatic N) is 5. The summed E-state index contributed by atoms with van der Waals surface area (Å²) in [7, 11) is 0. The Morgan fingerprint density at radius 1 is 1.24 bits per heavy atom. The largest absolute Gasteiger partial charge is 0.507 e. The summed E-state index contributed by atoms with van der Waals surface area (Å²) in [5.74, 6) is 0.257. The first kappa shape index (κ1) is 19.0. The zero-order chi connectivity index (χ0) is 20.5. The fraction of sp³-hybridized carbons (Fsp3) is 0.294. The minimum absolute atomic E-state index is 0.0464. The maximum atomic E-state index is 10.4. The van der Waals surface area contributed by atoms with Crippen LogP contribution in [-0.4, -0.2) is 71.1 Å². The molecule has 0 aliphatic carbocycles. The van der Waals surface area contributed by atoms with Gasteiger partial charge in [-0.15, -0.1) is 0 Å². The van der Waals surface area contributed by atoms with E-state index in [1.807, 2.05) is 0 Å². The standard InChI is InChI=1S/C17H19N7O5/c18-14-11-15(20-7-19-14)24(16-13(28)12(27)10(6-25)29-16)17(22-11)23-21-5-8-3-1-2-4-9(8)26/h1-5,7,10,12-13,16,25-28H,6H2,(H,22,23)(H2,18,19,20)/b21-5+. The summed E-state index contributed by atoms with van der Waals surface area (Å²) in [6, 6.07) is 6.61. The molecule has 0 saturated carbocycles. The van der Waals surface area contributed by atoms with E-state index in [9.17, 15) is 20.4 Å². The Kier molecular flexibility index (Phi) is 4.98. The molecule has 12 nitrogen and oxygen atoms in total. The Bertz CT molecular complexity index is 1060. The van der Waals surface area contributed by atoms with Crippen molar-refractivity contribution >= 4 is 29.1 Å². The lowest BCUT2D eigenvalue weighted by Crippen LogP contribution is -2.33. The van der Waals surface area contributed by atoms with Gasteiger partial charge >= 0.3 is 0 Å². The van der Waals surface area contributed by atoms with Crippen LogP contribution in [-0.2, 0) is 4.74 Å². The third-order valence-electron chi connectivity index (χ3n) is 4.58. The lowest BCUT2D eigenvalue weighted by Gasteiger charge is -2.18. The van der Waals surface area contributed by atoms with Crippen molar-refractivity contribution in [1.29, 1.82) is 0 Å². The van der Waals surface area contributed by atoms with Gasteiger partial charge in [-0.1, -0.05) is 12.1 Å². The number of nitrogen functional groups attached to an aromatic ring is 1. The molecule has 1 fully saturated rings. The molecule has 12 heteroatoms. The first-order valence-electron chi connectivity index (χ1n) is 8.69. The van der Waals surface area contributed by atoms with E-state index in [1.54, 1.807) is 18.2 Å². The number of aliphatic hydroxyl groups excluding tert-OH is 3. The lowest BCUT2D eigenvalue weighted by molar-refractivity contribution is -0.0501. The van der Waals surface area contributed by atoms with Crippen molar-refractivity contribution in [2.24, 2.45) is 5.10 Å². The van der Waals surface area contributed by atoms with Gasteiger partial charge in [0.25, 0.3) is 0 Å². The molecule has 0 amide bonds. The molecule has 0 bridgehead atoms. The summed E-state index contributed by atoms with van der Waals surface area (Å²) in [5, 5.41) is 43.8. The number of hydrogen-bond acceptors (Lipinski definition) is 11. The monoisotopic (exact) mass is 401 g/mol. The minimum atomic E-state index is -1.36. The van der Waals surface area contributed by atoms with Crippen LogP contribution in [0.2, 0.25) is 0 Å². The number of aliphatic hydroxyl groups is 3. The van der Waals surface area contributed by atoms with Crippen molar-refractivity contribution in [3.8, 4) is 5.75 Å². The van der Waals surface area contributed by atoms with Crippen molar-refractivity contribution in [2.75, 3.05) is 17.8 Å². The van der Waals surface area contributed by atoms with Crippen molar-refractivity contribution in [1.82, 2.24) is 19.5 Å². The number of rotatable bonds is 5. The smallest absolute Gasteiger partial charge is 0.228 e. The molecule has 0 spiro atoms. The Morgan fingerprint density at radius 2 is 2.03 bits per heavy atom. The van der Waals surface area contributed by atoms with Gasteiger partial charge in [0.15, 0.2) is 23.2 Å². The van der Waals surface area contributed by atoms with Gasteiger partial charge in [0.1, 0.15) is 30.4 Å². The molecule has 7 N–H and O–H groups in total. The second kappa shape index (κ2) is 7.60. The molecule has 152 valence electrons. The van der Waals surface area contributed by atoms with Crippen LogP contribution in [0.15, 0.2) is 35.7 Å². The van der Waals surface area contributed by atoms with Crippen molar-refractivity contribution in [3.05, 3.63) is 36.2 Å². The second-order valence-electron chi connectivity index (χ2n) is 6.39. The summed E-state index contributed by atoms with van der Waals surface area (Å²) in [4.78, 5) is 12.3. The van der Waals surface area contributed by atoms with Crippen LogP contribution >= 0.6 is 0 Å². The number of ether oxygens (including phenoxy) is 1. The van der Waals surface area contributed by atoms with E-state index in [0.717, 1.165) is 0 Å². The molecule has 3 heterocycles. The molecular formula is C17H19N7O5. The van der Waals surface area contributed by atoms with Gasteiger partial charge in [0.05, 0.1) is 12.8 Å². The van der Waals surface area contributed by atoms with Gasteiger partial charge < -0.3 is 30.9 Å². The summed E-state index contributed by atoms with van der Waals surface area (Å²) in [5.41, 5.74) is 9.53. The van der Waals surface area contributed by atoms with Gasteiger partial charge in [-0.3, -0.25) is 4.57 Å². The van der Waals surface area contributed by atoms with E-state index in [4.69, 9.17) is 10.5 Å². The number of hydrazone groups is 1. The van der Waals surface area contributed by atoms with E-state index < -0.39 is 31.1 Å². The number of imidazole rings is 1. The molecule has 1 aliphatic heterocycles. The first-order valence-corrected chi connectivity index (χ1v) is 8.69. The molecule has 4 rings (SSSR count). The predicted molar refractivity (Wildman–Crippen MR) is 102 cm³/mol. The third-order valence-corrected chi connectivity index (χ3v) is 4.58. The van der Waals surface area contributed by atoms with Gasteiger partial charge in [-0.25, -0.2) is 20.4 Å². The summed E-state index contributed by atoms with van der Waals surface area (Å²) < 4.78 is 6.97. The Morgan fingerprint density at radius 3 is 2.76 bits per heavy atom. The Labute approximate surface area is 163 Å². The highest BCUT2D eigenvalue weighted by molar-refractivity contribution is 5.85. The summed E-state index contributed by atoms with van der Waals surface area (Å²) >= 11 is 0. The highest BCUT2D eigenvalue weighted by atomic mass is 16.6. The van der Waals surface area contributed by atoms with Crippen molar-refractivity contribution in [3.63, 3.8) is 0 Å². The maximum absolute atomic E-state index is 10.4. The summed E-state index contributed by atoms with van der Waals surface area (Å²) in [6.45, 7) is -0.479. The zero-order valence-corrected chi connectivity index (χ0v) is 15.0. The van der Waals surface area contributed by atoms with Crippen LogP contribution in [0, 0.1) is 0 Å². The van der Waals surface area contributed by atoms with Crippen LogP contribution in [0.5, 0.6) is 5.75 Å². The molecule has 3 aromatic rings. The number of para-hydroxylation sites is 1. The Hall–Kier alpha value is -3.32. The average molecular weight is 401 g/mol. The molecule has 4 atom stereocenters. The zero-order valence-electron chi connectivity index (χ0n) is 15.0. The van der Waals surface area contributed by atoms with Crippen LogP contribution in [0.4, 0.5) is 11.8 Å². The van der Waals surface area contributed by atoms with E-state index in [0.29, 0.717) is 5.56 Å². The number of nitrogens with one attached hydrogen (secondary N) is 1. The third kappa shape index (κ3) is 3.34. The Balaban J connectivity index is 1.73. The van der Waals surface area contributed by atoms with E-state index in [2.05, 4.69) is 25.5 Å². The van der Waals surface area contributed by atoms with Crippen LogP contribution in [0.1, 0.15) is 11.8 Å². The molecule has 29 heavy (non-hydrogen) atoms. The fourth-order valence-corrected chi connectivity index (χ4v) is 3.10.